The van der Waals surface area contributed by atoms with Gasteiger partial charge >= 0.3 is 0 Å². The van der Waals surface area contributed by atoms with Crippen molar-refractivity contribution in [2.75, 3.05) is 25.1 Å². The zero-order valence-corrected chi connectivity index (χ0v) is 25.3. The number of hydrogen-bond donors (Lipinski definition) is 1. The number of sulfonamides is 1. The van der Waals surface area contributed by atoms with Crippen molar-refractivity contribution in [3.63, 3.8) is 0 Å². The van der Waals surface area contributed by atoms with Gasteiger partial charge in [-0.25, -0.2) is 8.42 Å². The SMILES string of the molecule is CC[C@@H](C(=O)NC(C)C)N(Cc1ccc(C)cc1)C(=O)CN(c1ccccc1OC)S(=O)(=O)c1ccc(OC)cc1. The van der Waals surface area contributed by atoms with E-state index in [0.717, 1.165) is 15.4 Å². The second-order valence-electron chi connectivity index (χ2n) is 9.95. The maximum absolute atomic E-state index is 14.1. The fourth-order valence-electron chi connectivity index (χ4n) is 4.41. The monoisotopic (exact) mass is 581 g/mol. The maximum atomic E-state index is 14.1. The van der Waals surface area contributed by atoms with Crippen LogP contribution in [0.2, 0.25) is 0 Å². The van der Waals surface area contributed by atoms with Gasteiger partial charge in [0.15, 0.2) is 0 Å². The smallest absolute Gasteiger partial charge is 0.264 e. The summed E-state index contributed by atoms with van der Waals surface area (Å²) in [4.78, 5) is 28.8. The van der Waals surface area contributed by atoms with Crippen molar-refractivity contribution >= 4 is 27.5 Å². The molecule has 0 aliphatic carbocycles. The molecule has 0 spiro atoms. The lowest BCUT2D eigenvalue weighted by Crippen LogP contribution is -2.53. The molecule has 220 valence electrons. The number of carbonyl (C=O) groups is 2. The molecule has 0 aliphatic heterocycles. The van der Waals surface area contributed by atoms with Gasteiger partial charge < -0.3 is 19.7 Å². The first-order chi connectivity index (χ1) is 19.5. The Morgan fingerprint density at radius 3 is 2.10 bits per heavy atom. The molecule has 0 bridgehead atoms. The van der Waals surface area contributed by atoms with Crippen molar-refractivity contribution < 1.29 is 27.5 Å². The van der Waals surface area contributed by atoms with Gasteiger partial charge in [0.25, 0.3) is 10.0 Å². The number of anilines is 1. The average Bonchev–Trinajstić information content (AvgIpc) is 2.96. The Morgan fingerprint density at radius 2 is 1.54 bits per heavy atom. The van der Waals surface area contributed by atoms with E-state index in [-0.39, 0.29) is 34.8 Å². The highest BCUT2D eigenvalue weighted by Crippen LogP contribution is 2.33. The van der Waals surface area contributed by atoms with Gasteiger partial charge in [0.05, 0.1) is 24.8 Å². The number of para-hydroxylation sites is 2. The minimum atomic E-state index is -4.24. The predicted octanol–water partition coefficient (Wildman–Crippen LogP) is 4.54. The molecule has 0 unspecified atom stereocenters. The predicted molar refractivity (Wildman–Crippen MR) is 160 cm³/mol. The van der Waals surface area contributed by atoms with Crippen molar-refractivity contribution in [1.29, 1.82) is 0 Å². The van der Waals surface area contributed by atoms with Crippen LogP contribution in [0.25, 0.3) is 0 Å². The Labute approximate surface area is 243 Å². The molecule has 2 amide bonds. The second-order valence-corrected chi connectivity index (χ2v) is 11.8. The molecule has 0 saturated carbocycles. The summed E-state index contributed by atoms with van der Waals surface area (Å²) >= 11 is 0. The summed E-state index contributed by atoms with van der Waals surface area (Å²) in [6.07, 6.45) is 0.343. The Hall–Kier alpha value is -4.05. The number of nitrogens with zero attached hydrogens (tertiary/aromatic N) is 2. The zero-order valence-electron chi connectivity index (χ0n) is 24.5. The van der Waals surface area contributed by atoms with Crippen LogP contribution < -0.4 is 19.1 Å². The summed E-state index contributed by atoms with van der Waals surface area (Å²) in [6, 6.07) is 19.3. The van der Waals surface area contributed by atoms with E-state index in [1.165, 1.54) is 31.3 Å². The molecular weight excluding hydrogens is 542 g/mol. The van der Waals surface area contributed by atoms with Crippen LogP contribution in [0.5, 0.6) is 11.5 Å². The molecule has 9 nitrogen and oxygen atoms in total. The Kier molecular flexibility index (Phi) is 10.8. The first-order valence-corrected chi connectivity index (χ1v) is 14.9. The van der Waals surface area contributed by atoms with Gasteiger partial charge in [0.2, 0.25) is 11.8 Å². The normalized spacial score (nSPS) is 12.0. The van der Waals surface area contributed by atoms with Crippen LogP contribution in [0.4, 0.5) is 5.69 Å². The lowest BCUT2D eigenvalue weighted by atomic mass is 10.1. The van der Waals surface area contributed by atoms with Crippen molar-refractivity contribution in [3.05, 3.63) is 83.9 Å². The molecule has 1 atom stereocenters. The van der Waals surface area contributed by atoms with Gasteiger partial charge in [-0.05, 0) is 69.2 Å². The summed E-state index contributed by atoms with van der Waals surface area (Å²) in [5.41, 5.74) is 2.08. The number of nitrogens with one attached hydrogen (secondary N) is 1. The summed E-state index contributed by atoms with van der Waals surface area (Å²) < 4.78 is 39.8. The molecule has 3 aromatic carbocycles. The topological polar surface area (TPSA) is 105 Å². The molecular formula is C31H39N3O6S. The average molecular weight is 582 g/mol. The van der Waals surface area contributed by atoms with E-state index < -0.39 is 28.5 Å². The number of aryl methyl sites for hydroxylation is 1. The molecule has 0 aromatic heterocycles. The zero-order chi connectivity index (χ0) is 30.2. The highest BCUT2D eigenvalue weighted by Gasteiger charge is 2.34. The van der Waals surface area contributed by atoms with Crippen molar-refractivity contribution in [1.82, 2.24) is 10.2 Å². The lowest BCUT2D eigenvalue weighted by Gasteiger charge is -2.34. The number of benzene rings is 3. The third-order valence-corrected chi connectivity index (χ3v) is 8.34. The molecule has 41 heavy (non-hydrogen) atoms. The highest BCUT2D eigenvalue weighted by molar-refractivity contribution is 7.92. The summed E-state index contributed by atoms with van der Waals surface area (Å²) in [5.74, 6) is -0.0497. The van der Waals surface area contributed by atoms with Gasteiger partial charge in [-0.2, -0.15) is 0 Å². The van der Waals surface area contributed by atoms with Crippen LogP contribution in [-0.2, 0) is 26.2 Å². The first kappa shape index (κ1) is 31.5. The van der Waals surface area contributed by atoms with Crippen molar-refractivity contribution in [3.8, 4) is 11.5 Å². The number of carbonyl (C=O) groups excluding carboxylic acids is 2. The number of ether oxygens (including phenoxy) is 2. The second kappa shape index (κ2) is 14.0. The third-order valence-electron chi connectivity index (χ3n) is 6.57. The van der Waals surface area contributed by atoms with E-state index >= 15 is 0 Å². The van der Waals surface area contributed by atoms with E-state index in [1.807, 2.05) is 52.0 Å². The third kappa shape index (κ3) is 7.79. The van der Waals surface area contributed by atoms with E-state index in [4.69, 9.17) is 9.47 Å². The van der Waals surface area contributed by atoms with Gasteiger partial charge in [-0.1, -0.05) is 48.9 Å². The lowest BCUT2D eigenvalue weighted by molar-refractivity contribution is -0.140. The van der Waals surface area contributed by atoms with E-state index in [0.29, 0.717) is 12.2 Å². The van der Waals surface area contributed by atoms with Crippen LogP contribution in [0.3, 0.4) is 0 Å². The van der Waals surface area contributed by atoms with Crippen LogP contribution in [0.1, 0.15) is 38.3 Å². The van der Waals surface area contributed by atoms with Gasteiger partial charge in [0, 0.05) is 12.6 Å². The molecule has 3 rings (SSSR count). The Morgan fingerprint density at radius 1 is 0.902 bits per heavy atom. The molecule has 10 heteroatoms. The largest absolute Gasteiger partial charge is 0.497 e. The summed E-state index contributed by atoms with van der Waals surface area (Å²) in [6.45, 7) is 7.07. The highest BCUT2D eigenvalue weighted by atomic mass is 32.2. The number of amides is 2. The standard InChI is InChI=1S/C31H39N3O6S/c1-7-27(31(36)32-22(2)3)33(20-24-14-12-23(4)13-15-24)30(35)21-34(28-10-8-9-11-29(28)40-6)41(37,38)26-18-16-25(39-5)17-19-26/h8-19,22,27H,7,20-21H2,1-6H3,(H,32,36)/t27-/m0/s1. The molecule has 1 N–H and O–H groups in total. The van der Waals surface area contributed by atoms with Crippen molar-refractivity contribution in [2.45, 2.75) is 57.6 Å². The van der Waals surface area contributed by atoms with Gasteiger partial charge in [0.1, 0.15) is 24.1 Å². The fraction of sp³-hybridized carbons (Fsp3) is 0.355. The molecule has 3 aromatic rings. The molecule has 0 aliphatic rings. The molecule has 0 saturated heterocycles. The Bertz CT molecular complexity index is 1420. The van der Waals surface area contributed by atoms with Crippen molar-refractivity contribution in [2.24, 2.45) is 0 Å². The summed E-state index contributed by atoms with van der Waals surface area (Å²) in [7, 11) is -1.31. The minimum absolute atomic E-state index is 0.0216. The van der Waals surface area contributed by atoms with Crippen LogP contribution in [0.15, 0.2) is 77.7 Å². The minimum Gasteiger partial charge on any atom is -0.497 e. The number of hydrogen-bond acceptors (Lipinski definition) is 6. The van der Waals surface area contributed by atoms with Crippen LogP contribution in [-0.4, -0.2) is 58.0 Å². The Balaban J connectivity index is 2.10. The van der Waals surface area contributed by atoms with Gasteiger partial charge in [-0.15, -0.1) is 0 Å². The summed E-state index contributed by atoms with van der Waals surface area (Å²) in [5, 5.41) is 2.90. The first-order valence-electron chi connectivity index (χ1n) is 13.5. The van der Waals surface area contributed by atoms with Gasteiger partial charge in [-0.3, -0.25) is 13.9 Å². The number of methoxy groups -OCH3 is 2. The van der Waals surface area contributed by atoms with Crippen LogP contribution in [0, 0.1) is 6.92 Å². The molecule has 0 heterocycles. The molecule has 0 radical (unpaired) electrons. The molecule has 0 fully saturated rings. The van der Waals surface area contributed by atoms with E-state index in [2.05, 4.69) is 5.32 Å². The van der Waals surface area contributed by atoms with E-state index in [9.17, 15) is 18.0 Å². The van der Waals surface area contributed by atoms with Crippen LogP contribution >= 0.6 is 0 Å². The quantitative estimate of drug-likeness (QED) is 0.318. The fourth-order valence-corrected chi connectivity index (χ4v) is 5.84. The number of rotatable bonds is 13. The van der Waals surface area contributed by atoms with E-state index in [1.54, 1.807) is 36.4 Å². The maximum Gasteiger partial charge on any atom is 0.264 e.